The number of hydrogen-bond acceptors (Lipinski definition) is 4. The Hall–Kier alpha value is -3.36. The van der Waals surface area contributed by atoms with Gasteiger partial charge < -0.3 is 10.2 Å². The molecule has 0 unspecified atom stereocenters. The van der Waals surface area contributed by atoms with Crippen molar-refractivity contribution in [3.8, 4) is 0 Å². The number of carbonyl (C=O) groups is 2. The van der Waals surface area contributed by atoms with Crippen molar-refractivity contribution in [2.24, 2.45) is 0 Å². The molecule has 0 heterocycles. The predicted octanol–water partition coefficient (Wildman–Crippen LogP) is 5.88. The van der Waals surface area contributed by atoms with E-state index in [1.165, 1.54) is 17.0 Å². The maximum absolute atomic E-state index is 14.1. The van der Waals surface area contributed by atoms with Gasteiger partial charge in [0.1, 0.15) is 12.6 Å². The van der Waals surface area contributed by atoms with E-state index < -0.39 is 28.5 Å². The number of hydrogen-bond donors (Lipinski definition) is 1. The first-order valence-electron chi connectivity index (χ1n) is 13.5. The van der Waals surface area contributed by atoms with Crippen LogP contribution in [-0.4, -0.2) is 44.3 Å². The predicted molar refractivity (Wildman–Crippen MR) is 161 cm³/mol. The number of anilines is 1. The van der Waals surface area contributed by atoms with E-state index in [1.807, 2.05) is 33.8 Å². The van der Waals surface area contributed by atoms with Crippen molar-refractivity contribution in [2.75, 3.05) is 17.4 Å². The highest BCUT2D eigenvalue weighted by molar-refractivity contribution is 7.92. The molecular formula is C31H38ClN3O4S. The van der Waals surface area contributed by atoms with Crippen LogP contribution in [0, 0.1) is 13.8 Å². The summed E-state index contributed by atoms with van der Waals surface area (Å²) in [5, 5.41) is 3.49. The molecule has 0 aliphatic carbocycles. The van der Waals surface area contributed by atoms with Crippen LogP contribution in [0.2, 0.25) is 5.02 Å². The Morgan fingerprint density at radius 3 is 2.20 bits per heavy atom. The van der Waals surface area contributed by atoms with Gasteiger partial charge in [0.05, 0.1) is 10.6 Å². The van der Waals surface area contributed by atoms with Crippen molar-refractivity contribution in [1.29, 1.82) is 0 Å². The standard InChI is InChI=1S/C31H38ClN3O4S/c1-5-7-19-33-31(37)29(6-2)34(21-25-14-16-26(32)17-15-25)30(36)22-35(27-18-13-23(3)24(4)20-27)40(38,39)28-11-9-8-10-12-28/h8-18,20,29H,5-7,19,21-22H2,1-4H3,(H,33,37)/t29-/m1/s1. The van der Waals surface area contributed by atoms with E-state index >= 15 is 0 Å². The van der Waals surface area contributed by atoms with Crippen LogP contribution in [-0.2, 0) is 26.2 Å². The van der Waals surface area contributed by atoms with E-state index in [-0.39, 0.29) is 17.3 Å². The molecule has 3 aromatic carbocycles. The molecule has 2 amide bonds. The van der Waals surface area contributed by atoms with Gasteiger partial charge in [-0.15, -0.1) is 0 Å². The van der Waals surface area contributed by atoms with Gasteiger partial charge in [-0.2, -0.15) is 0 Å². The Morgan fingerprint density at radius 2 is 1.60 bits per heavy atom. The van der Waals surface area contributed by atoms with Gasteiger partial charge in [-0.25, -0.2) is 8.42 Å². The largest absolute Gasteiger partial charge is 0.354 e. The summed E-state index contributed by atoms with van der Waals surface area (Å²) in [6.07, 6.45) is 2.11. The highest BCUT2D eigenvalue weighted by Crippen LogP contribution is 2.27. The van der Waals surface area contributed by atoms with Crippen LogP contribution < -0.4 is 9.62 Å². The quantitative estimate of drug-likeness (QED) is 0.255. The zero-order valence-corrected chi connectivity index (χ0v) is 25.1. The smallest absolute Gasteiger partial charge is 0.264 e. The fraction of sp³-hybridized carbons (Fsp3) is 0.355. The number of sulfonamides is 1. The van der Waals surface area contributed by atoms with Crippen molar-refractivity contribution in [3.63, 3.8) is 0 Å². The number of unbranched alkanes of at least 4 members (excludes halogenated alkanes) is 1. The minimum absolute atomic E-state index is 0.0784. The molecule has 0 radical (unpaired) electrons. The summed E-state index contributed by atoms with van der Waals surface area (Å²) in [6.45, 7) is 7.88. The van der Waals surface area contributed by atoms with Crippen LogP contribution in [0.4, 0.5) is 5.69 Å². The van der Waals surface area contributed by atoms with E-state index in [1.54, 1.807) is 54.6 Å². The first-order valence-corrected chi connectivity index (χ1v) is 15.4. The number of aryl methyl sites for hydroxylation is 2. The summed E-state index contributed by atoms with van der Waals surface area (Å²) in [6, 6.07) is 19.6. The molecular weight excluding hydrogens is 546 g/mol. The number of rotatable bonds is 13. The molecule has 7 nitrogen and oxygen atoms in total. The average molecular weight is 584 g/mol. The molecule has 214 valence electrons. The number of benzene rings is 3. The van der Waals surface area contributed by atoms with Gasteiger partial charge in [0, 0.05) is 18.1 Å². The molecule has 9 heteroatoms. The second kappa shape index (κ2) is 14.3. The van der Waals surface area contributed by atoms with E-state index in [0.717, 1.165) is 33.8 Å². The molecule has 0 fully saturated rings. The molecule has 0 spiro atoms. The molecule has 0 saturated carbocycles. The number of carbonyl (C=O) groups excluding carboxylic acids is 2. The lowest BCUT2D eigenvalue weighted by Gasteiger charge is -2.33. The fourth-order valence-electron chi connectivity index (χ4n) is 4.34. The first kappa shape index (κ1) is 31.2. The molecule has 0 aromatic heterocycles. The maximum atomic E-state index is 14.1. The Kier molecular flexibility index (Phi) is 11.2. The van der Waals surface area contributed by atoms with E-state index in [4.69, 9.17) is 11.6 Å². The van der Waals surface area contributed by atoms with Gasteiger partial charge in [-0.05, 0) is 79.8 Å². The molecule has 3 rings (SSSR count). The third-order valence-corrected chi connectivity index (χ3v) is 8.91. The Bertz CT molecular complexity index is 1400. The maximum Gasteiger partial charge on any atom is 0.264 e. The van der Waals surface area contributed by atoms with Gasteiger partial charge in [-0.3, -0.25) is 13.9 Å². The molecule has 1 N–H and O–H groups in total. The first-order chi connectivity index (χ1) is 19.1. The average Bonchev–Trinajstić information content (AvgIpc) is 2.94. The lowest BCUT2D eigenvalue weighted by molar-refractivity contribution is -0.140. The van der Waals surface area contributed by atoms with Crippen LogP contribution in [0.25, 0.3) is 0 Å². The summed E-state index contributed by atoms with van der Waals surface area (Å²) in [5.41, 5.74) is 3.07. The van der Waals surface area contributed by atoms with Crippen molar-refractivity contribution in [1.82, 2.24) is 10.2 Å². The van der Waals surface area contributed by atoms with Crippen molar-refractivity contribution in [2.45, 2.75) is 64.4 Å². The molecule has 40 heavy (non-hydrogen) atoms. The molecule has 0 bridgehead atoms. The summed E-state index contributed by atoms with van der Waals surface area (Å²) in [5.74, 6) is -0.743. The van der Waals surface area contributed by atoms with Crippen LogP contribution in [0.1, 0.15) is 49.8 Å². The van der Waals surface area contributed by atoms with Crippen LogP contribution in [0.15, 0.2) is 77.7 Å². The SMILES string of the molecule is CCCCNC(=O)[C@@H](CC)N(Cc1ccc(Cl)cc1)C(=O)CN(c1ccc(C)c(C)c1)S(=O)(=O)c1ccccc1. The summed E-state index contributed by atoms with van der Waals surface area (Å²) in [4.78, 5) is 28.9. The third-order valence-electron chi connectivity index (χ3n) is 6.87. The fourth-order valence-corrected chi connectivity index (χ4v) is 5.89. The summed E-state index contributed by atoms with van der Waals surface area (Å²) < 4.78 is 28.9. The third kappa shape index (κ3) is 7.86. The van der Waals surface area contributed by atoms with Crippen LogP contribution >= 0.6 is 11.6 Å². The highest BCUT2D eigenvalue weighted by atomic mass is 35.5. The van der Waals surface area contributed by atoms with Gasteiger partial charge in [0.15, 0.2) is 0 Å². The van der Waals surface area contributed by atoms with Crippen molar-refractivity contribution < 1.29 is 18.0 Å². The van der Waals surface area contributed by atoms with Crippen molar-refractivity contribution in [3.05, 3.63) is 94.5 Å². The monoisotopic (exact) mass is 583 g/mol. The molecule has 0 aliphatic rings. The summed E-state index contributed by atoms with van der Waals surface area (Å²) in [7, 11) is -4.09. The lowest BCUT2D eigenvalue weighted by atomic mass is 10.1. The van der Waals surface area contributed by atoms with E-state index in [9.17, 15) is 18.0 Å². The van der Waals surface area contributed by atoms with Crippen molar-refractivity contribution >= 4 is 39.1 Å². The van der Waals surface area contributed by atoms with Gasteiger partial charge in [-0.1, -0.05) is 68.3 Å². The Balaban J connectivity index is 2.04. The zero-order chi connectivity index (χ0) is 29.3. The summed E-state index contributed by atoms with van der Waals surface area (Å²) >= 11 is 6.07. The highest BCUT2D eigenvalue weighted by Gasteiger charge is 2.33. The number of nitrogens with zero attached hydrogens (tertiary/aromatic N) is 2. The molecule has 3 aromatic rings. The zero-order valence-electron chi connectivity index (χ0n) is 23.6. The Morgan fingerprint density at radius 1 is 0.925 bits per heavy atom. The normalized spacial score (nSPS) is 12.0. The number of amides is 2. The van der Waals surface area contributed by atoms with Gasteiger partial charge in [0.2, 0.25) is 11.8 Å². The second-order valence-corrected chi connectivity index (χ2v) is 12.1. The number of halogens is 1. The lowest BCUT2D eigenvalue weighted by Crippen LogP contribution is -2.52. The van der Waals surface area contributed by atoms with Gasteiger partial charge >= 0.3 is 0 Å². The van der Waals surface area contributed by atoms with E-state index in [0.29, 0.717) is 23.7 Å². The second-order valence-electron chi connectivity index (χ2n) is 9.81. The molecule has 0 aliphatic heterocycles. The molecule has 0 saturated heterocycles. The minimum atomic E-state index is -4.09. The van der Waals surface area contributed by atoms with Crippen LogP contribution in [0.3, 0.4) is 0 Å². The van der Waals surface area contributed by atoms with Gasteiger partial charge in [0.25, 0.3) is 10.0 Å². The molecule has 1 atom stereocenters. The van der Waals surface area contributed by atoms with Crippen LogP contribution in [0.5, 0.6) is 0 Å². The number of nitrogens with one attached hydrogen (secondary N) is 1. The minimum Gasteiger partial charge on any atom is -0.354 e. The van der Waals surface area contributed by atoms with E-state index in [2.05, 4.69) is 5.32 Å². The topological polar surface area (TPSA) is 86.8 Å². The Labute approximate surface area is 243 Å².